The van der Waals surface area contributed by atoms with E-state index in [-0.39, 0.29) is 24.4 Å². The summed E-state index contributed by atoms with van der Waals surface area (Å²) in [5.74, 6) is 0.476. The fourth-order valence-electron chi connectivity index (χ4n) is 1.96. The zero-order chi connectivity index (χ0) is 11.7. The second kappa shape index (κ2) is 4.00. The first-order valence-electron chi connectivity index (χ1n) is 5.23. The molecule has 0 saturated carbocycles. The third kappa shape index (κ3) is 1.68. The summed E-state index contributed by atoms with van der Waals surface area (Å²) in [6.07, 6.45) is 1.56. The molecule has 1 aliphatic rings. The monoisotopic (exact) mass is 222 g/mol. The normalized spacial score (nSPS) is 23.1. The summed E-state index contributed by atoms with van der Waals surface area (Å²) in [4.78, 5) is 24.8. The van der Waals surface area contributed by atoms with E-state index in [1.54, 1.807) is 30.2 Å². The predicted octanol–water partition coefficient (Wildman–Crippen LogP) is 0.687. The molecule has 1 N–H and O–H groups in total. The first-order valence-corrected chi connectivity index (χ1v) is 5.23. The molecule has 0 bridgehead atoms. The van der Waals surface area contributed by atoms with E-state index in [2.05, 4.69) is 5.32 Å². The smallest absolute Gasteiger partial charge is 0.243 e. The Balaban J connectivity index is 2.24. The van der Waals surface area contributed by atoms with E-state index in [4.69, 9.17) is 4.42 Å². The SMILES string of the molecule is CC1C(=O)NCC(=O)N1C(C)c1ccco1. The molecular weight excluding hydrogens is 208 g/mol. The van der Waals surface area contributed by atoms with E-state index in [0.717, 1.165) is 0 Å². The minimum absolute atomic E-state index is 0.0637. The average molecular weight is 222 g/mol. The maximum atomic E-state index is 11.8. The van der Waals surface area contributed by atoms with Gasteiger partial charge in [-0.05, 0) is 26.0 Å². The number of nitrogens with zero attached hydrogens (tertiary/aromatic N) is 1. The molecule has 0 spiro atoms. The van der Waals surface area contributed by atoms with Crippen molar-refractivity contribution < 1.29 is 14.0 Å². The van der Waals surface area contributed by atoms with Crippen molar-refractivity contribution in [3.8, 4) is 0 Å². The molecule has 16 heavy (non-hydrogen) atoms. The zero-order valence-electron chi connectivity index (χ0n) is 9.27. The Hall–Kier alpha value is -1.78. The highest BCUT2D eigenvalue weighted by atomic mass is 16.3. The van der Waals surface area contributed by atoms with E-state index in [1.807, 2.05) is 6.92 Å². The van der Waals surface area contributed by atoms with Crippen molar-refractivity contribution in [2.45, 2.75) is 25.9 Å². The summed E-state index contributed by atoms with van der Waals surface area (Å²) < 4.78 is 5.25. The lowest BCUT2D eigenvalue weighted by atomic mass is 10.1. The average Bonchev–Trinajstić information content (AvgIpc) is 2.77. The highest BCUT2D eigenvalue weighted by Gasteiger charge is 2.35. The number of hydrogen-bond acceptors (Lipinski definition) is 3. The van der Waals surface area contributed by atoms with Gasteiger partial charge in [0.2, 0.25) is 11.8 Å². The Morgan fingerprint density at radius 2 is 2.31 bits per heavy atom. The molecule has 5 heteroatoms. The summed E-state index contributed by atoms with van der Waals surface area (Å²) in [6.45, 7) is 3.63. The molecule has 2 unspecified atom stereocenters. The van der Waals surface area contributed by atoms with Crippen LogP contribution in [0.25, 0.3) is 0 Å². The summed E-state index contributed by atoms with van der Waals surface area (Å²) in [7, 11) is 0. The van der Waals surface area contributed by atoms with Gasteiger partial charge in [-0.2, -0.15) is 0 Å². The molecular formula is C11H14N2O3. The molecule has 2 atom stereocenters. The van der Waals surface area contributed by atoms with Crippen LogP contribution in [0.1, 0.15) is 25.6 Å². The molecule has 1 aromatic heterocycles. The van der Waals surface area contributed by atoms with E-state index in [0.29, 0.717) is 5.76 Å². The topological polar surface area (TPSA) is 62.6 Å². The van der Waals surface area contributed by atoms with Gasteiger partial charge >= 0.3 is 0 Å². The van der Waals surface area contributed by atoms with Crippen molar-refractivity contribution in [2.75, 3.05) is 6.54 Å². The van der Waals surface area contributed by atoms with Gasteiger partial charge in [-0.25, -0.2) is 0 Å². The molecule has 0 radical (unpaired) electrons. The van der Waals surface area contributed by atoms with Crippen LogP contribution >= 0.6 is 0 Å². The first kappa shape index (κ1) is 10.7. The standard InChI is InChI=1S/C11H14N2O3/c1-7(9-4-3-5-16-9)13-8(2)11(15)12-6-10(13)14/h3-5,7-8H,6H2,1-2H3,(H,12,15). The lowest BCUT2D eigenvalue weighted by Gasteiger charge is -2.36. The van der Waals surface area contributed by atoms with Crippen molar-refractivity contribution in [3.05, 3.63) is 24.2 Å². The second-order valence-corrected chi connectivity index (χ2v) is 3.89. The van der Waals surface area contributed by atoms with Gasteiger partial charge in [0.25, 0.3) is 0 Å². The number of furan rings is 1. The molecule has 1 saturated heterocycles. The number of carbonyl (C=O) groups is 2. The van der Waals surface area contributed by atoms with Crippen LogP contribution in [0.15, 0.2) is 22.8 Å². The first-order chi connectivity index (χ1) is 7.61. The van der Waals surface area contributed by atoms with E-state index >= 15 is 0 Å². The highest BCUT2D eigenvalue weighted by Crippen LogP contribution is 2.24. The Bertz CT molecular complexity index is 399. The number of rotatable bonds is 2. The lowest BCUT2D eigenvalue weighted by molar-refractivity contribution is -0.147. The zero-order valence-corrected chi connectivity index (χ0v) is 9.27. The molecule has 2 amide bonds. The van der Waals surface area contributed by atoms with Gasteiger partial charge in [0, 0.05) is 0 Å². The van der Waals surface area contributed by atoms with Gasteiger partial charge in [0.05, 0.1) is 18.8 Å². The Morgan fingerprint density at radius 3 is 2.94 bits per heavy atom. The van der Waals surface area contributed by atoms with E-state index in [1.165, 1.54) is 0 Å². The van der Waals surface area contributed by atoms with Crippen molar-refractivity contribution in [3.63, 3.8) is 0 Å². The number of carbonyl (C=O) groups excluding carboxylic acids is 2. The van der Waals surface area contributed by atoms with Crippen LogP contribution < -0.4 is 5.32 Å². The van der Waals surface area contributed by atoms with Crippen LogP contribution in [-0.2, 0) is 9.59 Å². The maximum Gasteiger partial charge on any atom is 0.243 e. The van der Waals surface area contributed by atoms with Crippen LogP contribution in [0.4, 0.5) is 0 Å². The minimum atomic E-state index is -0.457. The van der Waals surface area contributed by atoms with Crippen molar-refractivity contribution >= 4 is 11.8 Å². The molecule has 2 rings (SSSR count). The third-order valence-corrected chi connectivity index (χ3v) is 2.87. The largest absolute Gasteiger partial charge is 0.467 e. The minimum Gasteiger partial charge on any atom is -0.467 e. The number of nitrogens with one attached hydrogen (secondary N) is 1. The molecule has 2 heterocycles. The van der Waals surface area contributed by atoms with E-state index < -0.39 is 6.04 Å². The fraction of sp³-hybridized carbons (Fsp3) is 0.455. The summed E-state index contributed by atoms with van der Waals surface area (Å²) in [5.41, 5.74) is 0. The van der Waals surface area contributed by atoms with Gasteiger partial charge in [0.15, 0.2) is 0 Å². The van der Waals surface area contributed by atoms with Crippen LogP contribution in [0.5, 0.6) is 0 Å². The predicted molar refractivity (Wildman–Crippen MR) is 56.4 cm³/mol. The maximum absolute atomic E-state index is 11.8. The molecule has 1 aromatic rings. The Kier molecular flexibility index (Phi) is 2.68. The molecule has 86 valence electrons. The molecule has 1 fully saturated rings. The van der Waals surface area contributed by atoms with E-state index in [9.17, 15) is 9.59 Å². The molecule has 1 aliphatic heterocycles. The van der Waals surface area contributed by atoms with Crippen LogP contribution in [0.3, 0.4) is 0 Å². The van der Waals surface area contributed by atoms with Gasteiger partial charge in [-0.3, -0.25) is 9.59 Å². The Labute approximate surface area is 93.4 Å². The number of amides is 2. The fourth-order valence-corrected chi connectivity index (χ4v) is 1.96. The van der Waals surface area contributed by atoms with Gasteiger partial charge in [-0.1, -0.05) is 0 Å². The highest BCUT2D eigenvalue weighted by molar-refractivity contribution is 5.94. The van der Waals surface area contributed by atoms with Crippen LogP contribution in [0, 0.1) is 0 Å². The quantitative estimate of drug-likeness (QED) is 0.800. The molecule has 5 nitrogen and oxygen atoms in total. The van der Waals surface area contributed by atoms with Crippen molar-refractivity contribution in [1.29, 1.82) is 0 Å². The molecule has 0 aromatic carbocycles. The van der Waals surface area contributed by atoms with Crippen molar-refractivity contribution in [1.82, 2.24) is 10.2 Å². The lowest BCUT2D eigenvalue weighted by Crippen LogP contribution is -2.57. The van der Waals surface area contributed by atoms with Crippen LogP contribution in [0.2, 0.25) is 0 Å². The van der Waals surface area contributed by atoms with Gasteiger partial charge in [0.1, 0.15) is 11.8 Å². The third-order valence-electron chi connectivity index (χ3n) is 2.87. The van der Waals surface area contributed by atoms with Crippen molar-refractivity contribution in [2.24, 2.45) is 0 Å². The van der Waals surface area contributed by atoms with Gasteiger partial charge < -0.3 is 14.6 Å². The number of hydrogen-bond donors (Lipinski definition) is 1. The summed E-state index contributed by atoms with van der Waals surface area (Å²) in [5, 5.41) is 2.55. The van der Waals surface area contributed by atoms with Gasteiger partial charge in [-0.15, -0.1) is 0 Å². The summed E-state index contributed by atoms with van der Waals surface area (Å²) >= 11 is 0. The Morgan fingerprint density at radius 1 is 1.56 bits per heavy atom. The number of piperazine rings is 1. The second-order valence-electron chi connectivity index (χ2n) is 3.89. The molecule has 0 aliphatic carbocycles. The van der Waals surface area contributed by atoms with Crippen LogP contribution in [-0.4, -0.2) is 29.3 Å². The summed E-state index contributed by atoms with van der Waals surface area (Å²) in [6, 6.07) is 2.90.